The monoisotopic (exact) mass is 1920 g/mol. The van der Waals surface area contributed by atoms with Crippen molar-refractivity contribution >= 4 is 81.9 Å². The van der Waals surface area contributed by atoms with Gasteiger partial charge in [-0.3, -0.25) is 57.5 Å². The zero-order valence-corrected chi connectivity index (χ0v) is 80.3. The summed E-state index contributed by atoms with van der Waals surface area (Å²) in [5.74, 6) is -8.06. The van der Waals surface area contributed by atoms with Gasteiger partial charge in [0, 0.05) is 55.6 Å². The lowest BCUT2D eigenvalue weighted by molar-refractivity contribution is -0.278. The molecule has 34 nitrogen and oxygen atoms in total. The third-order valence-electron chi connectivity index (χ3n) is 24.3. The van der Waals surface area contributed by atoms with Crippen molar-refractivity contribution in [2.45, 2.75) is 357 Å². The molecule has 7 atom stereocenters. The maximum atomic E-state index is 13.2. The van der Waals surface area contributed by atoms with Crippen LogP contribution in [0.15, 0.2) is 18.7 Å². The molecule has 1 unspecified atom stereocenters. The van der Waals surface area contributed by atoms with Crippen LogP contribution in [0.3, 0.4) is 0 Å². The molecule has 6 saturated carbocycles. The average Bonchev–Trinajstić information content (AvgIpc) is 1.48. The molecule has 2 heterocycles. The Morgan fingerprint density at radius 1 is 0.406 bits per heavy atom. The summed E-state index contributed by atoms with van der Waals surface area (Å²) in [6, 6.07) is -3.37. The number of hydrogen-bond acceptors (Lipinski definition) is 27. The number of amides is 6. The van der Waals surface area contributed by atoms with Gasteiger partial charge in [-0.1, -0.05) is 82.3 Å². The number of rotatable bonds is 58. The second-order valence-corrected chi connectivity index (χ2v) is 37.1. The Balaban J connectivity index is 0.000000412. The molecule has 0 saturated heterocycles. The van der Waals surface area contributed by atoms with Gasteiger partial charge in [0.25, 0.3) is 11.8 Å². The second kappa shape index (κ2) is 68.5. The van der Waals surface area contributed by atoms with Crippen molar-refractivity contribution in [2.75, 3.05) is 91.7 Å². The summed E-state index contributed by atoms with van der Waals surface area (Å²) in [5.41, 5.74) is 32.8. The number of nitrogens with zero attached hydrogens (tertiary/aromatic N) is 8. The highest BCUT2D eigenvalue weighted by Gasteiger charge is 2.54. The second-order valence-electron chi connectivity index (χ2n) is 36.2. The molecule has 2 aromatic rings. The molecule has 0 aromatic carbocycles. The van der Waals surface area contributed by atoms with Crippen LogP contribution in [0, 0.1) is 35.5 Å². The van der Waals surface area contributed by atoms with Crippen LogP contribution in [-0.4, -0.2) is 262 Å². The standard InChI is InChI=1S/C17H27F5N2O3.C16H28F2N2O3.C15H25N5O2.C15H29N3O2.C14H24N6O2.C14H26N2O2S/c1-16(18,19)15(17(20,21)22)27-10-13(25)12(8-4-5-9-23)24-14(26)11-6-2-3-7-11;1-16(17,18)11-23-10-14(21)13(8-4-5-9-19)20-15(22)12-6-2-3-7-12;16-8-4-3-7-13(14(21)11-20-10-9-17-19-20)18-15(22)12-5-1-2-6-12;1-18(2)11-14(19)13(9-5-6-10-16)17-15(20)12-7-3-4-8-12;15-8-4-3-7-12(13(21)9-20-17-10-16-19-20)18-14(22)11-5-1-2-6-11;1-19-10-13(17)12(8-4-5-9-15)16-14(18)11-6-2-3-7-11/h11-12,15H,2-10,23H2,1H3,(H,24,26);12-13H,2-11,19H2,1H3,(H,20,22);9-10,12-13H,1-8,11,16H2,(H,18,22);12-13H,3-11,16H2,1-2H3,(H,17,20);10-12H,1-9,15H2,(H,18,22);11-12H,2-10,15H2,1H3,(H,16,18)/t12-,15?;3*13-;2*12-/m000000/s1. The number of nitrogens with two attached hydrogens (primary N) is 6. The van der Waals surface area contributed by atoms with E-state index in [1.54, 1.807) is 6.20 Å². The minimum absolute atomic E-state index is 0.00449. The van der Waals surface area contributed by atoms with E-state index in [-0.39, 0.29) is 138 Å². The summed E-state index contributed by atoms with van der Waals surface area (Å²) >= 11 is 1.51. The minimum atomic E-state index is -5.32. The van der Waals surface area contributed by atoms with Gasteiger partial charge in [0.15, 0.2) is 41.0 Å². The molecule has 0 spiro atoms. The number of ether oxygens (including phenoxy) is 2. The van der Waals surface area contributed by atoms with Crippen LogP contribution in [-0.2, 0) is 80.1 Å². The molecule has 0 aliphatic heterocycles. The number of halogens is 7. The van der Waals surface area contributed by atoms with Gasteiger partial charge in [-0.2, -0.15) is 29.7 Å². The van der Waals surface area contributed by atoms with Crippen LogP contribution in [0.2, 0.25) is 0 Å². The van der Waals surface area contributed by atoms with Crippen molar-refractivity contribution in [1.29, 1.82) is 0 Å². The van der Waals surface area contributed by atoms with Crippen molar-refractivity contribution in [1.82, 2.24) is 72.0 Å². The zero-order chi connectivity index (χ0) is 98.6. The van der Waals surface area contributed by atoms with Crippen molar-refractivity contribution in [3.63, 3.8) is 0 Å². The van der Waals surface area contributed by atoms with Gasteiger partial charge in [0.1, 0.15) is 32.9 Å². The lowest BCUT2D eigenvalue weighted by Gasteiger charge is -2.27. The van der Waals surface area contributed by atoms with Gasteiger partial charge in [-0.05, 0) is 257 Å². The van der Waals surface area contributed by atoms with E-state index < -0.39 is 73.9 Å². The number of alkyl halides is 7. The van der Waals surface area contributed by atoms with Crippen LogP contribution in [0.1, 0.15) is 284 Å². The molecule has 0 bridgehead atoms. The number of thioether (sulfide) groups is 1. The molecule has 6 aliphatic carbocycles. The highest BCUT2D eigenvalue weighted by atomic mass is 32.2. The molecule has 0 radical (unpaired) electrons. The van der Waals surface area contributed by atoms with E-state index in [1.807, 2.05) is 25.3 Å². The van der Waals surface area contributed by atoms with E-state index in [0.717, 1.165) is 212 Å². The first-order valence-corrected chi connectivity index (χ1v) is 49.7. The van der Waals surface area contributed by atoms with Crippen LogP contribution >= 0.6 is 11.8 Å². The minimum Gasteiger partial charge on any atom is -0.367 e. The Hall–Kier alpha value is -7.45. The summed E-state index contributed by atoms with van der Waals surface area (Å²) < 4.78 is 100. The Morgan fingerprint density at radius 2 is 0.699 bits per heavy atom. The number of ketones is 6. The first-order valence-electron chi connectivity index (χ1n) is 48.3. The molecule has 8 rings (SSSR count). The van der Waals surface area contributed by atoms with Gasteiger partial charge >= 0.3 is 6.18 Å². The highest BCUT2D eigenvalue weighted by molar-refractivity contribution is 7.99. The fraction of sp³-hybridized carbons (Fsp3) is 0.835. The number of carbonyl (C=O) groups excluding carboxylic acids is 12. The number of aromatic nitrogens is 7. The molecule has 18 N–H and O–H groups in total. The van der Waals surface area contributed by atoms with E-state index >= 15 is 0 Å². The van der Waals surface area contributed by atoms with Gasteiger partial charge in [-0.25, -0.2) is 22.2 Å². The molecule has 6 amide bonds. The summed E-state index contributed by atoms with van der Waals surface area (Å²) in [7, 11) is 3.74. The molecule has 42 heteroatoms. The largest absolute Gasteiger partial charge is 0.420 e. The van der Waals surface area contributed by atoms with Crippen molar-refractivity contribution < 1.29 is 97.7 Å². The fourth-order valence-electron chi connectivity index (χ4n) is 16.7. The Kier molecular flexibility index (Phi) is 61.7. The van der Waals surface area contributed by atoms with Gasteiger partial charge < -0.3 is 80.7 Å². The van der Waals surface area contributed by atoms with Crippen LogP contribution < -0.4 is 66.3 Å². The van der Waals surface area contributed by atoms with Gasteiger partial charge in [-0.15, -0.1) is 15.3 Å². The Labute approximate surface area is 785 Å². The summed E-state index contributed by atoms with van der Waals surface area (Å²) in [6.45, 7) is 2.29. The predicted molar refractivity (Wildman–Crippen MR) is 493 cm³/mol. The number of tetrazole rings is 1. The third-order valence-corrected chi connectivity index (χ3v) is 24.8. The average molecular weight is 1920 g/mol. The summed E-state index contributed by atoms with van der Waals surface area (Å²) in [5, 5.41) is 35.7. The normalized spacial score (nSPS) is 17.3. The van der Waals surface area contributed by atoms with E-state index in [2.05, 4.69) is 62.4 Å². The molecular weight excluding hydrogens is 1760 g/mol. The van der Waals surface area contributed by atoms with Crippen molar-refractivity contribution in [3.8, 4) is 0 Å². The third kappa shape index (κ3) is 52.1. The summed E-state index contributed by atoms with van der Waals surface area (Å²) in [4.78, 5) is 150. The Morgan fingerprint density at radius 3 is 0.955 bits per heavy atom. The lowest BCUT2D eigenvalue weighted by atomic mass is 10.0. The molecular formula is C91H159F7N20O14S. The molecule has 133 heavy (non-hydrogen) atoms. The maximum absolute atomic E-state index is 13.2. The molecule has 2 aromatic heterocycles. The van der Waals surface area contributed by atoms with Gasteiger partial charge in [0.2, 0.25) is 41.5 Å². The van der Waals surface area contributed by atoms with Crippen LogP contribution in [0.5, 0.6) is 0 Å². The van der Waals surface area contributed by atoms with Crippen molar-refractivity contribution in [2.24, 2.45) is 69.9 Å². The maximum Gasteiger partial charge on any atom is 0.420 e. The van der Waals surface area contributed by atoms with E-state index in [4.69, 9.17) is 39.1 Å². The number of Topliss-reactive ketones (excluding diaryl/α,β-unsaturated/α-hetero) is 6. The topological polar surface area (TPSA) is 529 Å². The molecule has 762 valence electrons. The van der Waals surface area contributed by atoms with E-state index in [1.165, 1.54) is 33.8 Å². The van der Waals surface area contributed by atoms with Gasteiger partial charge in [0.05, 0.1) is 54.7 Å². The highest BCUT2D eigenvalue weighted by Crippen LogP contribution is 2.36. The van der Waals surface area contributed by atoms with E-state index in [0.29, 0.717) is 109 Å². The number of likely N-dealkylation sites (N-methyl/N-ethyl adjacent to an activating group) is 1. The predicted octanol–water partition coefficient (Wildman–Crippen LogP) is 8.33. The van der Waals surface area contributed by atoms with Crippen molar-refractivity contribution in [3.05, 3.63) is 18.7 Å². The number of unbranched alkanes of at least 4 members (excludes halogenated alkanes) is 6. The molecule has 6 aliphatic rings. The molecule has 6 fully saturated rings. The first-order chi connectivity index (χ1) is 63.4. The quantitative estimate of drug-likeness (QED) is 0.0218. The lowest BCUT2D eigenvalue weighted by Crippen LogP contribution is -2.49. The SMILES string of the molecule is CC(F)(F)C(OCC(=O)[C@H](CCCCN)NC(=O)C1CCCC1)C(F)(F)F.CC(F)(F)COCC(=O)[C@H](CCCCN)NC(=O)C1CCCC1.CN(C)CC(=O)[C@H](CCCCN)NC(=O)C1CCCC1.CSCC(=O)[C@H](CCCCN)NC(=O)C1CCCC1.NCCCC[C@H](NC(=O)C1CCCC1)C(=O)Cn1ccnn1.NCCCC[C@H](NC(=O)C1CCCC1)C(=O)Cn1ncnn1. The van der Waals surface area contributed by atoms with Crippen LogP contribution in [0.25, 0.3) is 0 Å². The number of hydrogen-bond donors (Lipinski definition) is 12. The summed E-state index contributed by atoms with van der Waals surface area (Å²) in [6.07, 6.45) is 33.7. The zero-order valence-electron chi connectivity index (χ0n) is 79.4. The Bertz CT molecular complexity index is 3490. The van der Waals surface area contributed by atoms with Crippen LogP contribution in [0.4, 0.5) is 30.7 Å². The fourth-order valence-corrected chi connectivity index (χ4v) is 17.2. The van der Waals surface area contributed by atoms with E-state index in [9.17, 15) is 88.3 Å². The smallest absolute Gasteiger partial charge is 0.367 e. The number of nitrogens with one attached hydrogen (secondary N) is 6. The first kappa shape index (κ1) is 120. The number of carbonyl (C=O) groups is 12.